The lowest BCUT2D eigenvalue weighted by Crippen LogP contribution is -1.95. The second kappa shape index (κ2) is 3.27. The number of aromatic amines is 1. The minimum absolute atomic E-state index is 0.444. The summed E-state index contributed by atoms with van der Waals surface area (Å²) in [4.78, 5) is 12.6. The summed E-state index contributed by atoms with van der Waals surface area (Å²) in [6, 6.07) is 3.67. The largest absolute Gasteiger partial charge is 0.383 e. The van der Waals surface area contributed by atoms with E-state index < -0.39 is 0 Å². The number of pyridine rings is 1. The van der Waals surface area contributed by atoms with Gasteiger partial charge in [-0.05, 0) is 12.1 Å². The lowest BCUT2D eigenvalue weighted by Gasteiger charge is -2.02. The van der Waals surface area contributed by atoms with Crippen molar-refractivity contribution >= 4 is 17.0 Å². The molecule has 0 aliphatic carbocycles. The summed E-state index contributed by atoms with van der Waals surface area (Å²) >= 11 is 0. The molecule has 0 saturated heterocycles. The van der Waals surface area contributed by atoms with E-state index in [9.17, 15) is 0 Å². The van der Waals surface area contributed by atoms with Crippen LogP contribution in [0.25, 0.3) is 22.4 Å². The number of nitrogens with two attached hydrogens (primary N) is 1. The Labute approximate surface area is 90.6 Å². The molecule has 6 nitrogen and oxygen atoms in total. The van der Waals surface area contributed by atoms with Crippen molar-refractivity contribution in [3.63, 3.8) is 0 Å². The van der Waals surface area contributed by atoms with Crippen molar-refractivity contribution in [2.45, 2.75) is 0 Å². The van der Waals surface area contributed by atoms with Crippen LogP contribution in [0.3, 0.4) is 0 Å². The van der Waals surface area contributed by atoms with Crippen LogP contribution >= 0.6 is 0 Å². The van der Waals surface area contributed by atoms with Gasteiger partial charge in [-0.1, -0.05) is 0 Å². The molecule has 0 fully saturated rings. The molecule has 0 atom stereocenters. The smallest absolute Gasteiger partial charge is 0.174 e. The Bertz CT molecular complexity index is 644. The number of aromatic nitrogens is 5. The number of hydrogen-bond donors (Lipinski definition) is 2. The summed E-state index contributed by atoms with van der Waals surface area (Å²) in [5.74, 6) is 0.444. The molecular weight excluding hydrogens is 204 g/mol. The Balaban J connectivity index is 2.22. The van der Waals surface area contributed by atoms with Gasteiger partial charge in [-0.3, -0.25) is 5.10 Å². The molecule has 0 unspecified atom stereocenters. The summed E-state index contributed by atoms with van der Waals surface area (Å²) in [6.45, 7) is 0. The van der Waals surface area contributed by atoms with Crippen LogP contribution in [0.4, 0.5) is 5.82 Å². The highest BCUT2D eigenvalue weighted by Crippen LogP contribution is 2.21. The molecule has 16 heavy (non-hydrogen) atoms. The third-order valence-electron chi connectivity index (χ3n) is 2.27. The number of fused-ring (bicyclic) bond motifs is 1. The zero-order valence-electron chi connectivity index (χ0n) is 8.25. The van der Waals surface area contributed by atoms with E-state index >= 15 is 0 Å². The van der Waals surface area contributed by atoms with Crippen LogP contribution in [0, 0.1) is 0 Å². The first-order valence-corrected chi connectivity index (χ1v) is 4.71. The molecule has 3 N–H and O–H groups in total. The third kappa shape index (κ3) is 1.28. The molecule has 0 aliphatic heterocycles. The fraction of sp³-hybridized carbons (Fsp3) is 0. The van der Waals surface area contributed by atoms with Crippen LogP contribution in [0.1, 0.15) is 0 Å². The molecule has 0 aromatic carbocycles. The van der Waals surface area contributed by atoms with E-state index in [1.54, 1.807) is 18.6 Å². The standard InChI is InChI=1S/C10H8N6/c11-9-6(2-1-3-12-9)7-4-13-10-8(15-7)5-14-16-10/h1-5H,(H2,11,12)(H,13,14,16). The highest BCUT2D eigenvalue weighted by Gasteiger charge is 2.06. The van der Waals surface area contributed by atoms with Gasteiger partial charge in [0.1, 0.15) is 11.3 Å². The summed E-state index contributed by atoms with van der Waals surface area (Å²) in [7, 11) is 0. The van der Waals surface area contributed by atoms with Gasteiger partial charge in [0.15, 0.2) is 5.65 Å². The van der Waals surface area contributed by atoms with Crippen molar-refractivity contribution in [2.75, 3.05) is 5.73 Å². The molecule has 3 rings (SSSR count). The Morgan fingerprint density at radius 2 is 2.12 bits per heavy atom. The number of nitrogen functional groups attached to an aromatic ring is 1. The molecular formula is C10H8N6. The van der Waals surface area contributed by atoms with Crippen molar-refractivity contribution in [2.24, 2.45) is 0 Å². The van der Waals surface area contributed by atoms with E-state index in [4.69, 9.17) is 5.73 Å². The van der Waals surface area contributed by atoms with Gasteiger partial charge in [0, 0.05) is 11.8 Å². The predicted octanol–water partition coefficient (Wildman–Crippen LogP) is 0.997. The summed E-state index contributed by atoms with van der Waals surface area (Å²) in [5.41, 5.74) is 8.61. The van der Waals surface area contributed by atoms with E-state index in [-0.39, 0.29) is 0 Å². The number of nitrogens with one attached hydrogen (secondary N) is 1. The molecule has 0 radical (unpaired) electrons. The van der Waals surface area contributed by atoms with Crippen LogP contribution in [-0.4, -0.2) is 25.1 Å². The number of H-pyrrole nitrogens is 1. The molecule has 0 saturated carbocycles. The maximum absolute atomic E-state index is 5.77. The van der Waals surface area contributed by atoms with E-state index in [1.807, 2.05) is 12.1 Å². The monoisotopic (exact) mass is 212 g/mol. The van der Waals surface area contributed by atoms with Crippen molar-refractivity contribution in [3.8, 4) is 11.3 Å². The van der Waals surface area contributed by atoms with Gasteiger partial charge in [0.25, 0.3) is 0 Å². The van der Waals surface area contributed by atoms with Gasteiger partial charge < -0.3 is 5.73 Å². The van der Waals surface area contributed by atoms with Crippen molar-refractivity contribution in [1.29, 1.82) is 0 Å². The molecule has 78 valence electrons. The topological polar surface area (TPSA) is 93.4 Å². The first-order valence-electron chi connectivity index (χ1n) is 4.71. The minimum Gasteiger partial charge on any atom is -0.383 e. The molecule has 0 spiro atoms. The van der Waals surface area contributed by atoms with Gasteiger partial charge in [0.2, 0.25) is 0 Å². The second-order valence-corrected chi connectivity index (χ2v) is 3.30. The molecule has 3 aromatic rings. The highest BCUT2D eigenvalue weighted by atomic mass is 15.1. The summed E-state index contributed by atoms with van der Waals surface area (Å²) in [6.07, 6.45) is 4.91. The predicted molar refractivity (Wildman–Crippen MR) is 59.3 cm³/mol. The van der Waals surface area contributed by atoms with Crippen LogP contribution in [0.2, 0.25) is 0 Å². The van der Waals surface area contributed by atoms with Crippen molar-refractivity contribution < 1.29 is 0 Å². The summed E-state index contributed by atoms with van der Waals surface area (Å²) < 4.78 is 0. The SMILES string of the molecule is Nc1ncccc1-c1cnc2[nH]ncc2n1. The van der Waals surface area contributed by atoms with Crippen LogP contribution in [-0.2, 0) is 0 Å². The summed E-state index contributed by atoms with van der Waals surface area (Å²) in [5, 5.41) is 6.60. The Hall–Kier alpha value is -2.50. The van der Waals surface area contributed by atoms with E-state index in [0.717, 1.165) is 5.56 Å². The Morgan fingerprint density at radius 3 is 3.00 bits per heavy atom. The van der Waals surface area contributed by atoms with E-state index in [0.29, 0.717) is 22.7 Å². The molecule has 3 aromatic heterocycles. The molecule has 6 heteroatoms. The molecule has 3 heterocycles. The van der Waals surface area contributed by atoms with Gasteiger partial charge in [-0.2, -0.15) is 5.10 Å². The first kappa shape index (κ1) is 8.78. The molecule has 0 aliphatic rings. The fourth-order valence-corrected chi connectivity index (χ4v) is 1.50. The van der Waals surface area contributed by atoms with E-state index in [1.165, 1.54) is 0 Å². The van der Waals surface area contributed by atoms with Gasteiger partial charge in [-0.15, -0.1) is 0 Å². The third-order valence-corrected chi connectivity index (χ3v) is 2.27. The number of anilines is 1. The molecule has 0 amide bonds. The van der Waals surface area contributed by atoms with Crippen molar-refractivity contribution in [1.82, 2.24) is 25.1 Å². The minimum atomic E-state index is 0.444. The number of nitrogens with zero attached hydrogens (tertiary/aromatic N) is 4. The Morgan fingerprint density at radius 1 is 1.19 bits per heavy atom. The lowest BCUT2D eigenvalue weighted by atomic mass is 10.2. The molecule has 0 bridgehead atoms. The number of rotatable bonds is 1. The average molecular weight is 212 g/mol. The van der Waals surface area contributed by atoms with Crippen LogP contribution in [0.5, 0.6) is 0 Å². The van der Waals surface area contributed by atoms with E-state index in [2.05, 4.69) is 25.1 Å². The van der Waals surface area contributed by atoms with Gasteiger partial charge in [-0.25, -0.2) is 15.0 Å². The fourth-order valence-electron chi connectivity index (χ4n) is 1.50. The maximum atomic E-state index is 5.77. The zero-order chi connectivity index (χ0) is 11.0. The zero-order valence-corrected chi connectivity index (χ0v) is 8.25. The van der Waals surface area contributed by atoms with Gasteiger partial charge >= 0.3 is 0 Å². The highest BCUT2D eigenvalue weighted by molar-refractivity contribution is 5.76. The number of hydrogen-bond acceptors (Lipinski definition) is 5. The maximum Gasteiger partial charge on any atom is 0.174 e. The quantitative estimate of drug-likeness (QED) is 0.627. The first-order chi connectivity index (χ1) is 7.84. The second-order valence-electron chi connectivity index (χ2n) is 3.30. The lowest BCUT2D eigenvalue weighted by molar-refractivity contribution is 1.10. The average Bonchev–Trinajstić information content (AvgIpc) is 2.76. The normalized spacial score (nSPS) is 10.8. The van der Waals surface area contributed by atoms with Gasteiger partial charge in [0.05, 0.1) is 18.1 Å². The van der Waals surface area contributed by atoms with Crippen LogP contribution < -0.4 is 5.73 Å². The van der Waals surface area contributed by atoms with Crippen molar-refractivity contribution in [3.05, 3.63) is 30.7 Å². The van der Waals surface area contributed by atoms with Crippen LogP contribution in [0.15, 0.2) is 30.7 Å². The Kier molecular flexibility index (Phi) is 1.79.